The minimum absolute atomic E-state index is 0.113. The van der Waals surface area contributed by atoms with E-state index in [2.05, 4.69) is 10.6 Å². The molecular weight excluding hydrogens is 310 g/mol. The molecule has 3 rings (SSSR count). The Morgan fingerprint density at radius 2 is 1.96 bits per heavy atom. The first-order valence-corrected chi connectivity index (χ1v) is 7.98. The fourth-order valence-electron chi connectivity index (χ4n) is 2.98. The quantitative estimate of drug-likeness (QED) is 0.808. The van der Waals surface area contributed by atoms with E-state index in [-0.39, 0.29) is 18.7 Å². The molecule has 7 heteroatoms. The van der Waals surface area contributed by atoms with E-state index in [1.165, 1.54) is 0 Å². The van der Waals surface area contributed by atoms with Crippen molar-refractivity contribution >= 4 is 29.3 Å². The molecule has 4 amide bonds. The van der Waals surface area contributed by atoms with Crippen LogP contribution in [0.5, 0.6) is 0 Å². The summed E-state index contributed by atoms with van der Waals surface area (Å²) in [5, 5.41) is 5.37. The van der Waals surface area contributed by atoms with E-state index in [4.69, 9.17) is 0 Å². The summed E-state index contributed by atoms with van der Waals surface area (Å²) >= 11 is 0. The highest BCUT2D eigenvalue weighted by molar-refractivity contribution is 6.25. The summed E-state index contributed by atoms with van der Waals surface area (Å²) in [6.07, 6.45) is 0.271. The lowest BCUT2D eigenvalue weighted by molar-refractivity contribution is -0.136. The third-order valence-corrected chi connectivity index (χ3v) is 4.17. The van der Waals surface area contributed by atoms with Crippen LogP contribution in [0, 0.1) is 5.92 Å². The second-order valence-corrected chi connectivity index (χ2v) is 6.45. The topological polar surface area (TPSA) is 95.6 Å². The number of hydrogen-bond donors (Lipinski definition) is 2. The first-order chi connectivity index (χ1) is 11.4. The van der Waals surface area contributed by atoms with Crippen LogP contribution in [-0.2, 0) is 9.59 Å². The number of anilines is 1. The Hall–Kier alpha value is -2.70. The molecule has 0 spiro atoms. The molecule has 1 fully saturated rings. The van der Waals surface area contributed by atoms with E-state index >= 15 is 0 Å². The van der Waals surface area contributed by atoms with E-state index < -0.39 is 23.8 Å². The van der Waals surface area contributed by atoms with E-state index in [1.54, 1.807) is 18.2 Å². The monoisotopic (exact) mass is 329 g/mol. The SMILES string of the molecule is CC(C)CNc1cccc2c1C(=O)N(C1CCC(=O)NC1=O)C2=O. The molecule has 1 unspecified atom stereocenters. The lowest BCUT2D eigenvalue weighted by Crippen LogP contribution is -2.54. The second-order valence-electron chi connectivity index (χ2n) is 6.45. The summed E-state index contributed by atoms with van der Waals surface area (Å²) < 4.78 is 0. The third kappa shape index (κ3) is 2.66. The average molecular weight is 329 g/mol. The van der Waals surface area contributed by atoms with Crippen molar-refractivity contribution in [2.75, 3.05) is 11.9 Å². The molecule has 2 aliphatic heterocycles. The highest BCUT2D eigenvalue weighted by Gasteiger charge is 2.45. The van der Waals surface area contributed by atoms with Crippen molar-refractivity contribution in [3.05, 3.63) is 29.3 Å². The molecule has 0 saturated carbocycles. The summed E-state index contributed by atoms with van der Waals surface area (Å²) in [5.74, 6) is -1.59. The highest BCUT2D eigenvalue weighted by atomic mass is 16.2. The van der Waals surface area contributed by atoms with Crippen LogP contribution in [0.15, 0.2) is 18.2 Å². The number of nitrogens with one attached hydrogen (secondary N) is 2. The van der Waals surface area contributed by atoms with Crippen molar-refractivity contribution in [1.29, 1.82) is 0 Å². The van der Waals surface area contributed by atoms with Crippen LogP contribution in [0.2, 0.25) is 0 Å². The number of fused-ring (bicyclic) bond motifs is 1. The van der Waals surface area contributed by atoms with Gasteiger partial charge in [-0.15, -0.1) is 0 Å². The summed E-state index contributed by atoms with van der Waals surface area (Å²) in [5.41, 5.74) is 1.18. The van der Waals surface area contributed by atoms with Crippen molar-refractivity contribution < 1.29 is 19.2 Å². The Labute approximate surface area is 139 Å². The number of nitrogens with zero attached hydrogens (tertiary/aromatic N) is 1. The van der Waals surface area contributed by atoms with Crippen LogP contribution in [0.1, 0.15) is 47.4 Å². The zero-order valence-corrected chi connectivity index (χ0v) is 13.6. The van der Waals surface area contributed by atoms with Gasteiger partial charge in [0, 0.05) is 18.7 Å². The molecular formula is C17H19N3O4. The fourth-order valence-corrected chi connectivity index (χ4v) is 2.98. The van der Waals surface area contributed by atoms with Gasteiger partial charge in [0.25, 0.3) is 11.8 Å². The van der Waals surface area contributed by atoms with Crippen molar-refractivity contribution in [2.24, 2.45) is 5.92 Å². The largest absolute Gasteiger partial charge is 0.384 e. The maximum atomic E-state index is 12.8. The summed E-state index contributed by atoms with van der Waals surface area (Å²) in [4.78, 5) is 49.7. The summed E-state index contributed by atoms with van der Waals surface area (Å²) in [7, 11) is 0. The molecule has 2 N–H and O–H groups in total. The number of benzene rings is 1. The van der Waals surface area contributed by atoms with Crippen molar-refractivity contribution in [3.63, 3.8) is 0 Å². The number of rotatable bonds is 4. The van der Waals surface area contributed by atoms with Gasteiger partial charge >= 0.3 is 0 Å². The zero-order valence-electron chi connectivity index (χ0n) is 13.6. The maximum Gasteiger partial charge on any atom is 0.264 e. The Kier molecular flexibility index (Phi) is 4.09. The van der Waals surface area contributed by atoms with Crippen molar-refractivity contribution in [2.45, 2.75) is 32.7 Å². The second kappa shape index (κ2) is 6.07. The smallest absolute Gasteiger partial charge is 0.264 e. The van der Waals surface area contributed by atoms with Crippen molar-refractivity contribution in [3.8, 4) is 0 Å². The molecule has 0 aromatic heterocycles. The van der Waals surface area contributed by atoms with Gasteiger partial charge in [-0.3, -0.25) is 29.4 Å². The molecule has 0 radical (unpaired) electrons. The first kappa shape index (κ1) is 16.2. The highest BCUT2D eigenvalue weighted by Crippen LogP contribution is 2.32. The Bertz CT molecular complexity index is 741. The third-order valence-electron chi connectivity index (χ3n) is 4.17. The molecule has 1 aromatic carbocycles. The molecule has 0 aliphatic carbocycles. The average Bonchev–Trinajstić information content (AvgIpc) is 2.78. The summed E-state index contributed by atoms with van der Waals surface area (Å²) in [6.45, 7) is 4.74. The lowest BCUT2D eigenvalue weighted by atomic mass is 10.0. The number of carbonyl (C=O) groups is 4. The van der Waals surface area contributed by atoms with Crippen LogP contribution in [0.4, 0.5) is 5.69 Å². The van der Waals surface area contributed by atoms with Gasteiger partial charge in [0.1, 0.15) is 6.04 Å². The normalized spacial score (nSPS) is 20.5. The van der Waals surface area contributed by atoms with Crippen LogP contribution in [0.25, 0.3) is 0 Å². The molecule has 1 atom stereocenters. The maximum absolute atomic E-state index is 12.8. The number of amides is 4. The predicted octanol–water partition coefficient (Wildman–Crippen LogP) is 1.16. The van der Waals surface area contributed by atoms with Gasteiger partial charge in [0.2, 0.25) is 11.8 Å². The van der Waals surface area contributed by atoms with Crippen molar-refractivity contribution in [1.82, 2.24) is 10.2 Å². The van der Waals surface area contributed by atoms with E-state index in [0.29, 0.717) is 29.3 Å². The lowest BCUT2D eigenvalue weighted by Gasteiger charge is -2.27. The van der Waals surface area contributed by atoms with Gasteiger partial charge < -0.3 is 5.32 Å². The molecule has 7 nitrogen and oxygen atoms in total. The fraction of sp³-hybridized carbons (Fsp3) is 0.412. The van der Waals surface area contributed by atoms with Gasteiger partial charge in [-0.25, -0.2) is 0 Å². The van der Waals surface area contributed by atoms with Gasteiger partial charge in [0.15, 0.2) is 0 Å². The first-order valence-electron chi connectivity index (χ1n) is 7.98. The minimum Gasteiger partial charge on any atom is -0.384 e. The molecule has 1 aromatic rings. The molecule has 0 bridgehead atoms. The van der Waals surface area contributed by atoms with Crippen LogP contribution >= 0.6 is 0 Å². The molecule has 24 heavy (non-hydrogen) atoms. The van der Waals surface area contributed by atoms with Crippen LogP contribution in [-0.4, -0.2) is 41.1 Å². The van der Waals surface area contributed by atoms with Gasteiger partial charge in [-0.1, -0.05) is 19.9 Å². The van der Waals surface area contributed by atoms with E-state index in [0.717, 1.165) is 4.90 Å². The Morgan fingerprint density at radius 3 is 2.62 bits per heavy atom. The molecule has 2 aliphatic rings. The minimum atomic E-state index is -0.937. The number of hydrogen-bond acceptors (Lipinski definition) is 5. The van der Waals surface area contributed by atoms with Crippen LogP contribution in [0.3, 0.4) is 0 Å². The van der Waals surface area contributed by atoms with E-state index in [9.17, 15) is 19.2 Å². The Balaban J connectivity index is 1.92. The molecule has 2 heterocycles. The zero-order chi connectivity index (χ0) is 17.4. The predicted molar refractivity (Wildman–Crippen MR) is 86.4 cm³/mol. The van der Waals surface area contributed by atoms with Gasteiger partial charge in [0.05, 0.1) is 11.1 Å². The van der Waals surface area contributed by atoms with Gasteiger partial charge in [-0.05, 0) is 24.5 Å². The standard InChI is InChI=1S/C17H19N3O4/c1-9(2)8-18-11-5-3-4-10-14(11)17(24)20(16(10)23)12-6-7-13(21)19-15(12)22/h3-5,9,12,18H,6-8H2,1-2H3,(H,19,21,22). The number of imide groups is 2. The number of carbonyl (C=O) groups excluding carboxylic acids is 4. The molecule has 1 saturated heterocycles. The molecule has 126 valence electrons. The number of piperidine rings is 1. The Morgan fingerprint density at radius 1 is 1.21 bits per heavy atom. The van der Waals surface area contributed by atoms with Crippen LogP contribution < -0.4 is 10.6 Å². The van der Waals surface area contributed by atoms with E-state index in [1.807, 2.05) is 13.8 Å². The summed E-state index contributed by atoms with van der Waals surface area (Å²) in [6, 6.07) is 4.11. The van der Waals surface area contributed by atoms with Gasteiger partial charge in [-0.2, -0.15) is 0 Å².